The van der Waals surface area contributed by atoms with E-state index in [0.717, 1.165) is 44.8 Å². The number of hydrogen-bond acceptors (Lipinski definition) is 4. The summed E-state index contributed by atoms with van der Waals surface area (Å²) in [7, 11) is 0. The predicted octanol–water partition coefficient (Wildman–Crippen LogP) is 2.42. The number of nitrogens with zero attached hydrogens (tertiary/aromatic N) is 2. The van der Waals surface area contributed by atoms with E-state index in [4.69, 9.17) is 9.84 Å². The van der Waals surface area contributed by atoms with Gasteiger partial charge in [0.2, 0.25) is 5.91 Å². The SMILES string of the molecule is O=C1CCC2(CCCN(Cc3ccc(OCCO)cc3)C2)CN1C1CC1. The molecule has 3 aliphatic rings. The van der Waals surface area contributed by atoms with Gasteiger partial charge in [-0.3, -0.25) is 9.69 Å². The molecule has 5 nitrogen and oxygen atoms in total. The molecule has 1 aromatic carbocycles. The van der Waals surface area contributed by atoms with Gasteiger partial charge in [0, 0.05) is 37.5 Å². The van der Waals surface area contributed by atoms with Crippen LogP contribution in [0, 0.1) is 5.41 Å². The first-order valence-corrected chi connectivity index (χ1v) is 10.0. The van der Waals surface area contributed by atoms with Gasteiger partial charge >= 0.3 is 0 Å². The van der Waals surface area contributed by atoms with Crippen LogP contribution >= 0.6 is 0 Å². The predicted molar refractivity (Wildman–Crippen MR) is 99.9 cm³/mol. The number of carbonyl (C=O) groups excluding carboxylic acids is 1. The van der Waals surface area contributed by atoms with E-state index in [1.165, 1.54) is 31.2 Å². The zero-order valence-electron chi connectivity index (χ0n) is 15.5. The van der Waals surface area contributed by atoms with Crippen molar-refractivity contribution in [3.05, 3.63) is 29.8 Å². The molecular formula is C21H30N2O3. The van der Waals surface area contributed by atoms with Gasteiger partial charge < -0.3 is 14.7 Å². The third-order valence-electron chi connectivity index (χ3n) is 6.11. The fourth-order valence-electron chi connectivity index (χ4n) is 4.65. The summed E-state index contributed by atoms with van der Waals surface area (Å²) in [6.45, 7) is 4.55. The first-order valence-electron chi connectivity index (χ1n) is 10.0. The number of ether oxygens (including phenoxy) is 1. The first-order chi connectivity index (χ1) is 12.7. The third kappa shape index (κ3) is 4.04. The average Bonchev–Trinajstić information content (AvgIpc) is 3.49. The van der Waals surface area contributed by atoms with Gasteiger partial charge in [-0.1, -0.05) is 12.1 Å². The minimum atomic E-state index is 0.0397. The van der Waals surface area contributed by atoms with E-state index in [1.54, 1.807) is 0 Å². The molecule has 1 aromatic rings. The number of carbonyl (C=O) groups is 1. The normalized spacial score (nSPS) is 27.1. The molecule has 2 aliphatic heterocycles. The van der Waals surface area contributed by atoms with E-state index in [2.05, 4.69) is 21.9 Å². The highest BCUT2D eigenvalue weighted by Gasteiger charge is 2.45. The maximum atomic E-state index is 12.3. The lowest BCUT2D eigenvalue weighted by atomic mass is 9.73. The summed E-state index contributed by atoms with van der Waals surface area (Å²) < 4.78 is 5.44. The van der Waals surface area contributed by atoms with Crippen LogP contribution in [0.5, 0.6) is 5.75 Å². The van der Waals surface area contributed by atoms with Crippen molar-refractivity contribution in [3.63, 3.8) is 0 Å². The molecule has 0 bridgehead atoms. The number of rotatable bonds is 6. The van der Waals surface area contributed by atoms with E-state index < -0.39 is 0 Å². The lowest BCUT2D eigenvalue weighted by Gasteiger charge is -2.48. The molecular weight excluding hydrogens is 328 g/mol. The van der Waals surface area contributed by atoms with E-state index in [-0.39, 0.29) is 6.61 Å². The molecule has 0 radical (unpaired) electrons. The standard InChI is InChI=1S/C21H30N2O3/c24-12-13-26-19-6-2-17(3-7-19)14-22-11-1-9-21(15-22)10-8-20(25)23(16-21)18-4-5-18/h2-3,6-7,18,24H,1,4-5,8-16H2. The smallest absolute Gasteiger partial charge is 0.222 e. The molecule has 26 heavy (non-hydrogen) atoms. The summed E-state index contributed by atoms with van der Waals surface area (Å²) >= 11 is 0. The number of likely N-dealkylation sites (tertiary alicyclic amines) is 2. The Bertz CT molecular complexity index is 629. The molecule has 142 valence electrons. The quantitative estimate of drug-likeness (QED) is 0.849. The Balaban J connectivity index is 1.36. The van der Waals surface area contributed by atoms with Gasteiger partial charge in [0.15, 0.2) is 0 Å². The monoisotopic (exact) mass is 358 g/mol. The van der Waals surface area contributed by atoms with Crippen LogP contribution in [-0.4, -0.2) is 59.7 Å². The van der Waals surface area contributed by atoms with Crippen LogP contribution in [0.2, 0.25) is 0 Å². The number of hydrogen-bond donors (Lipinski definition) is 1. The van der Waals surface area contributed by atoms with Crippen LogP contribution in [-0.2, 0) is 11.3 Å². The minimum Gasteiger partial charge on any atom is -0.491 e. The second-order valence-corrected chi connectivity index (χ2v) is 8.28. The molecule has 1 amide bonds. The number of benzene rings is 1. The van der Waals surface area contributed by atoms with Crippen LogP contribution in [0.15, 0.2) is 24.3 Å². The van der Waals surface area contributed by atoms with Crippen LogP contribution in [0.4, 0.5) is 0 Å². The second-order valence-electron chi connectivity index (χ2n) is 8.28. The summed E-state index contributed by atoms with van der Waals surface area (Å²) in [4.78, 5) is 17.0. The highest BCUT2D eigenvalue weighted by atomic mass is 16.5. The van der Waals surface area contributed by atoms with Crippen molar-refractivity contribution >= 4 is 5.91 Å². The highest BCUT2D eigenvalue weighted by Crippen LogP contribution is 2.42. The van der Waals surface area contributed by atoms with Crippen molar-refractivity contribution in [1.29, 1.82) is 0 Å². The Hall–Kier alpha value is -1.59. The Morgan fingerprint density at radius 2 is 1.96 bits per heavy atom. The summed E-state index contributed by atoms with van der Waals surface area (Å²) in [5.41, 5.74) is 1.60. The van der Waals surface area contributed by atoms with Gasteiger partial charge in [-0.15, -0.1) is 0 Å². The van der Waals surface area contributed by atoms with Gasteiger partial charge in [0.05, 0.1) is 6.61 Å². The zero-order valence-corrected chi connectivity index (χ0v) is 15.5. The molecule has 5 heteroatoms. The maximum absolute atomic E-state index is 12.3. The van der Waals surface area contributed by atoms with Crippen molar-refractivity contribution in [2.75, 3.05) is 32.8 Å². The van der Waals surface area contributed by atoms with Crippen molar-refractivity contribution in [2.24, 2.45) is 5.41 Å². The van der Waals surface area contributed by atoms with E-state index in [9.17, 15) is 4.79 Å². The lowest BCUT2D eigenvalue weighted by molar-refractivity contribution is -0.140. The average molecular weight is 358 g/mol. The zero-order chi connectivity index (χ0) is 18.0. The van der Waals surface area contributed by atoms with E-state index in [1.807, 2.05) is 12.1 Å². The molecule has 1 atom stereocenters. The van der Waals surface area contributed by atoms with Crippen molar-refractivity contribution in [1.82, 2.24) is 9.80 Å². The molecule has 2 heterocycles. The third-order valence-corrected chi connectivity index (χ3v) is 6.11. The lowest BCUT2D eigenvalue weighted by Crippen LogP contribution is -2.54. The molecule has 1 aliphatic carbocycles. The van der Waals surface area contributed by atoms with Gasteiger partial charge in [-0.25, -0.2) is 0 Å². The molecule has 1 unspecified atom stereocenters. The molecule has 2 saturated heterocycles. The van der Waals surface area contributed by atoms with Gasteiger partial charge in [-0.05, 0) is 56.3 Å². The fourth-order valence-corrected chi connectivity index (χ4v) is 4.65. The van der Waals surface area contributed by atoms with Crippen LogP contribution < -0.4 is 4.74 Å². The number of aliphatic hydroxyl groups is 1. The van der Waals surface area contributed by atoms with Crippen molar-refractivity contribution < 1.29 is 14.6 Å². The number of amides is 1. The highest BCUT2D eigenvalue weighted by molar-refractivity contribution is 5.78. The molecule has 0 aromatic heterocycles. The Morgan fingerprint density at radius 1 is 1.15 bits per heavy atom. The van der Waals surface area contributed by atoms with Gasteiger partial charge in [0.1, 0.15) is 12.4 Å². The topological polar surface area (TPSA) is 53.0 Å². The van der Waals surface area contributed by atoms with Crippen LogP contribution in [0.1, 0.15) is 44.1 Å². The Morgan fingerprint density at radius 3 is 2.69 bits per heavy atom. The summed E-state index contributed by atoms with van der Waals surface area (Å²) in [5.74, 6) is 1.19. The second kappa shape index (κ2) is 7.57. The maximum Gasteiger partial charge on any atom is 0.222 e. The molecule has 3 fully saturated rings. The summed E-state index contributed by atoms with van der Waals surface area (Å²) in [6, 6.07) is 8.75. The fraction of sp³-hybridized carbons (Fsp3) is 0.667. The van der Waals surface area contributed by atoms with E-state index >= 15 is 0 Å². The number of piperidine rings is 2. The Labute approximate surface area is 155 Å². The van der Waals surface area contributed by atoms with Gasteiger partial charge in [0.25, 0.3) is 0 Å². The van der Waals surface area contributed by atoms with Crippen molar-refractivity contribution in [3.8, 4) is 5.75 Å². The summed E-state index contributed by atoms with van der Waals surface area (Å²) in [5, 5.41) is 8.84. The Kier molecular flexibility index (Phi) is 5.18. The number of aliphatic hydroxyl groups excluding tert-OH is 1. The summed E-state index contributed by atoms with van der Waals surface area (Å²) in [6.07, 6.45) is 6.69. The molecule has 1 spiro atoms. The molecule has 1 N–H and O–H groups in total. The van der Waals surface area contributed by atoms with Gasteiger partial charge in [-0.2, -0.15) is 0 Å². The molecule has 1 saturated carbocycles. The first kappa shape index (κ1) is 17.8. The van der Waals surface area contributed by atoms with Crippen molar-refractivity contribution in [2.45, 2.75) is 51.1 Å². The largest absolute Gasteiger partial charge is 0.491 e. The molecule has 4 rings (SSSR count). The van der Waals surface area contributed by atoms with E-state index in [0.29, 0.717) is 24.0 Å². The minimum absolute atomic E-state index is 0.0397. The van der Waals surface area contributed by atoms with Crippen LogP contribution in [0.25, 0.3) is 0 Å². The van der Waals surface area contributed by atoms with Crippen LogP contribution in [0.3, 0.4) is 0 Å².